The lowest BCUT2D eigenvalue weighted by Crippen LogP contribution is -2.52. The lowest BCUT2D eigenvalue weighted by Gasteiger charge is -2.34. The molecule has 2 N–H and O–H groups in total. The summed E-state index contributed by atoms with van der Waals surface area (Å²) in [6.07, 6.45) is 1.88. The van der Waals surface area contributed by atoms with E-state index in [4.69, 9.17) is 4.74 Å². The minimum atomic E-state index is -0.731. The fourth-order valence-corrected chi connectivity index (χ4v) is 4.26. The van der Waals surface area contributed by atoms with Gasteiger partial charge in [0.25, 0.3) is 0 Å². The summed E-state index contributed by atoms with van der Waals surface area (Å²) >= 11 is 0. The summed E-state index contributed by atoms with van der Waals surface area (Å²) < 4.78 is 18.1. The molecule has 2 amide bonds. The molecule has 190 valence electrons. The van der Waals surface area contributed by atoms with Crippen molar-refractivity contribution in [1.82, 2.24) is 10.2 Å². The van der Waals surface area contributed by atoms with Gasteiger partial charge in [0.15, 0.2) is 0 Å². The second-order valence-corrected chi connectivity index (χ2v) is 10.2. The van der Waals surface area contributed by atoms with Crippen molar-refractivity contribution >= 4 is 17.7 Å². The third-order valence-corrected chi connectivity index (χ3v) is 6.17. The Labute approximate surface area is 208 Å². The lowest BCUT2D eigenvalue weighted by molar-refractivity contribution is -0.134. The number of benzene rings is 2. The maximum Gasteiger partial charge on any atom is 0.408 e. The number of alkyl halides is 1. The number of carbonyl (C=O) groups is 2. The minimum absolute atomic E-state index is 0.124. The van der Waals surface area contributed by atoms with Gasteiger partial charge in [-0.3, -0.25) is 9.18 Å². The van der Waals surface area contributed by atoms with E-state index >= 15 is 0 Å². The molecule has 2 aromatic carbocycles. The van der Waals surface area contributed by atoms with Crippen LogP contribution >= 0.6 is 0 Å². The second kappa shape index (κ2) is 12.6. The van der Waals surface area contributed by atoms with E-state index in [0.717, 1.165) is 30.6 Å². The number of alkyl carbamates (subject to hydrolysis) is 1. The molecular weight excluding hydrogens is 445 g/mol. The van der Waals surface area contributed by atoms with Crippen LogP contribution in [0.3, 0.4) is 0 Å². The summed E-state index contributed by atoms with van der Waals surface area (Å²) in [6, 6.07) is 17.3. The molecule has 1 atom stereocenters. The summed E-state index contributed by atoms with van der Waals surface area (Å²) in [4.78, 5) is 27.7. The van der Waals surface area contributed by atoms with Gasteiger partial charge in [-0.05, 0) is 69.2 Å². The first-order valence-corrected chi connectivity index (χ1v) is 12.4. The molecule has 1 unspecified atom stereocenters. The SMILES string of the molecule is CC(C)(C)OC(=O)NC(Cc1ccc(NCc2ccccc2)cc1)C(=O)N1CCC(CCF)CC1. The van der Waals surface area contributed by atoms with Crippen molar-refractivity contribution < 1.29 is 18.7 Å². The molecule has 1 aliphatic heterocycles. The van der Waals surface area contributed by atoms with Crippen LogP contribution in [0.4, 0.5) is 14.9 Å². The minimum Gasteiger partial charge on any atom is -0.444 e. The molecule has 0 aromatic heterocycles. The number of hydrogen-bond donors (Lipinski definition) is 2. The number of hydrogen-bond acceptors (Lipinski definition) is 4. The monoisotopic (exact) mass is 483 g/mol. The van der Waals surface area contributed by atoms with Gasteiger partial charge in [-0.1, -0.05) is 42.5 Å². The zero-order chi connectivity index (χ0) is 25.3. The highest BCUT2D eigenvalue weighted by atomic mass is 19.1. The van der Waals surface area contributed by atoms with Crippen LogP contribution in [-0.2, 0) is 22.5 Å². The van der Waals surface area contributed by atoms with Crippen LogP contribution in [-0.4, -0.2) is 48.3 Å². The molecule has 7 heteroatoms. The molecule has 1 saturated heterocycles. The van der Waals surface area contributed by atoms with Crippen molar-refractivity contribution in [1.29, 1.82) is 0 Å². The van der Waals surface area contributed by atoms with E-state index in [1.54, 1.807) is 25.7 Å². The smallest absolute Gasteiger partial charge is 0.408 e. The summed E-state index contributed by atoms with van der Waals surface area (Å²) in [5.41, 5.74) is 2.46. The first-order valence-electron chi connectivity index (χ1n) is 12.4. The number of ether oxygens (including phenoxy) is 1. The first kappa shape index (κ1) is 26.5. The molecule has 3 rings (SSSR count). The van der Waals surface area contributed by atoms with E-state index in [9.17, 15) is 14.0 Å². The Morgan fingerprint density at radius 3 is 2.29 bits per heavy atom. The van der Waals surface area contributed by atoms with Gasteiger partial charge in [0, 0.05) is 31.7 Å². The Morgan fingerprint density at radius 2 is 1.69 bits per heavy atom. The Morgan fingerprint density at radius 1 is 1.03 bits per heavy atom. The van der Waals surface area contributed by atoms with Crippen LogP contribution in [0.25, 0.3) is 0 Å². The van der Waals surface area contributed by atoms with E-state index < -0.39 is 17.7 Å². The third kappa shape index (κ3) is 8.89. The summed E-state index contributed by atoms with van der Waals surface area (Å²) in [6.45, 7) is 6.94. The molecule has 2 aromatic rings. The molecule has 35 heavy (non-hydrogen) atoms. The molecule has 0 saturated carbocycles. The maximum atomic E-state index is 13.4. The fraction of sp³-hybridized carbons (Fsp3) is 0.500. The Kier molecular flexibility index (Phi) is 9.52. The van der Waals surface area contributed by atoms with Gasteiger partial charge in [0.1, 0.15) is 11.6 Å². The van der Waals surface area contributed by atoms with Crippen LogP contribution in [0.15, 0.2) is 54.6 Å². The van der Waals surface area contributed by atoms with Gasteiger partial charge in [-0.25, -0.2) is 4.79 Å². The fourth-order valence-electron chi connectivity index (χ4n) is 4.26. The van der Waals surface area contributed by atoms with Crippen molar-refractivity contribution in [3.63, 3.8) is 0 Å². The van der Waals surface area contributed by atoms with Crippen molar-refractivity contribution in [2.24, 2.45) is 5.92 Å². The normalized spacial score (nSPS) is 15.4. The number of likely N-dealkylation sites (tertiary alicyclic amines) is 1. The Bertz CT molecular complexity index is 936. The number of nitrogens with one attached hydrogen (secondary N) is 2. The summed E-state index contributed by atoms with van der Waals surface area (Å²) in [5.74, 6) is 0.193. The van der Waals surface area contributed by atoms with Gasteiger partial charge in [-0.2, -0.15) is 0 Å². The quantitative estimate of drug-likeness (QED) is 0.506. The molecule has 0 radical (unpaired) electrons. The number of amides is 2. The molecule has 1 fully saturated rings. The van der Waals surface area contributed by atoms with Crippen molar-refractivity contribution in [2.45, 2.75) is 64.6 Å². The molecule has 0 bridgehead atoms. The van der Waals surface area contributed by atoms with E-state index in [1.807, 2.05) is 42.5 Å². The van der Waals surface area contributed by atoms with Crippen LogP contribution in [0.2, 0.25) is 0 Å². The van der Waals surface area contributed by atoms with E-state index in [0.29, 0.717) is 31.8 Å². The second-order valence-electron chi connectivity index (χ2n) is 10.2. The largest absolute Gasteiger partial charge is 0.444 e. The number of rotatable bonds is 9. The Hall–Kier alpha value is -3.09. The van der Waals surface area contributed by atoms with Crippen molar-refractivity contribution in [3.05, 3.63) is 65.7 Å². The highest BCUT2D eigenvalue weighted by Crippen LogP contribution is 2.22. The van der Waals surface area contributed by atoms with Gasteiger partial charge in [-0.15, -0.1) is 0 Å². The third-order valence-electron chi connectivity index (χ3n) is 6.17. The molecule has 0 aliphatic carbocycles. The zero-order valence-corrected chi connectivity index (χ0v) is 21.1. The van der Waals surface area contributed by atoms with E-state index in [2.05, 4.69) is 22.8 Å². The average molecular weight is 484 g/mol. The van der Waals surface area contributed by atoms with Crippen molar-refractivity contribution in [3.8, 4) is 0 Å². The maximum absolute atomic E-state index is 13.4. The Balaban J connectivity index is 1.64. The molecule has 1 heterocycles. The van der Waals surface area contributed by atoms with Crippen LogP contribution < -0.4 is 10.6 Å². The van der Waals surface area contributed by atoms with Crippen LogP contribution in [0, 0.1) is 5.92 Å². The summed E-state index contributed by atoms with van der Waals surface area (Å²) in [7, 11) is 0. The van der Waals surface area contributed by atoms with Crippen molar-refractivity contribution in [2.75, 3.05) is 25.1 Å². The molecular formula is C28H38FN3O3. The molecule has 1 aliphatic rings. The van der Waals surface area contributed by atoms with Gasteiger partial charge < -0.3 is 20.3 Å². The highest BCUT2D eigenvalue weighted by Gasteiger charge is 2.30. The summed E-state index contributed by atoms with van der Waals surface area (Å²) in [5, 5.41) is 6.19. The molecule has 0 spiro atoms. The lowest BCUT2D eigenvalue weighted by atomic mass is 9.93. The number of nitrogens with zero attached hydrogens (tertiary/aromatic N) is 1. The number of carbonyl (C=O) groups excluding carboxylic acids is 2. The van der Waals surface area contributed by atoms with E-state index in [1.165, 1.54) is 5.56 Å². The predicted molar refractivity (Wildman–Crippen MR) is 137 cm³/mol. The standard InChI is InChI=1S/C28H38FN3O3/c1-28(2,3)35-27(34)31-25(26(33)32-17-14-21(13-16-29)15-18-32)19-22-9-11-24(12-10-22)30-20-23-7-5-4-6-8-23/h4-12,21,25,30H,13-20H2,1-3H3,(H,31,34). The number of piperidine rings is 1. The van der Waals surface area contributed by atoms with Crippen LogP contribution in [0.1, 0.15) is 51.2 Å². The highest BCUT2D eigenvalue weighted by molar-refractivity contribution is 5.86. The average Bonchev–Trinajstić information content (AvgIpc) is 2.83. The number of anilines is 1. The van der Waals surface area contributed by atoms with Crippen LogP contribution in [0.5, 0.6) is 0 Å². The van der Waals surface area contributed by atoms with Gasteiger partial charge in [0.05, 0.1) is 6.67 Å². The zero-order valence-electron chi connectivity index (χ0n) is 21.1. The molecule has 6 nitrogen and oxygen atoms in total. The number of halogens is 1. The topological polar surface area (TPSA) is 70.7 Å². The van der Waals surface area contributed by atoms with Gasteiger partial charge >= 0.3 is 6.09 Å². The first-order chi connectivity index (χ1) is 16.7. The van der Waals surface area contributed by atoms with Gasteiger partial charge in [0.2, 0.25) is 5.91 Å². The van der Waals surface area contributed by atoms with E-state index in [-0.39, 0.29) is 12.6 Å². The predicted octanol–water partition coefficient (Wildman–Crippen LogP) is 5.33.